The molecule has 0 saturated heterocycles. The molecule has 1 unspecified atom stereocenters. The van der Waals surface area contributed by atoms with Gasteiger partial charge in [-0.2, -0.15) is 5.43 Å². The first-order valence-electron chi connectivity index (χ1n) is 11.1. The van der Waals surface area contributed by atoms with Crippen LogP contribution in [0.25, 0.3) is 11.3 Å². The zero-order valence-corrected chi connectivity index (χ0v) is 20.3. The molecule has 11 heteroatoms. The molecule has 0 radical (unpaired) electrons. The van der Waals surface area contributed by atoms with Crippen LogP contribution >= 0.6 is 0 Å². The number of ether oxygens (including phenoxy) is 2. The lowest BCUT2D eigenvalue weighted by Crippen LogP contribution is -2.60. The fourth-order valence-corrected chi connectivity index (χ4v) is 3.91. The lowest BCUT2D eigenvalue weighted by molar-refractivity contribution is -0.149. The Bertz CT molecular complexity index is 1270. The summed E-state index contributed by atoms with van der Waals surface area (Å²) in [7, 11) is 2.42. The topological polar surface area (TPSA) is 126 Å². The molecular formula is C25H27FN6O4. The predicted octanol–water partition coefficient (Wildman–Crippen LogP) is 3.28. The van der Waals surface area contributed by atoms with Gasteiger partial charge in [-0.3, -0.25) is 5.32 Å². The summed E-state index contributed by atoms with van der Waals surface area (Å²) in [6, 6.07) is 15.3. The molecule has 0 fully saturated rings. The molecule has 0 aliphatic carbocycles. The Labute approximate surface area is 207 Å². The third kappa shape index (κ3) is 4.78. The summed E-state index contributed by atoms with van der Waals surface area (Å²) < 4.78 is 22.9. The number of carbonyl (C=O) groups is 2. The maximum atomic E-state index is 13.3. The van der Waals surface area contributed by atoms with Gasteiger partial charge in [0.15, 0.2) is 0 Å². The summed E-state index contributed by atoms with van der Waals surface area (Å²) in [5.41, 5.74) is 6.95. The highest BCUT2D eigenvalue weighted by molar-refractivity contribution is 5.91. The molecule has 1 aliphatic rings. The van der Waals surface area contributed by atoms with Crippen molar-refractivity contribution in [2.75, 3.05) is 31.5 Å². The average Bonchev–Trinajstić information content (AvgIpc) is 3.26. The second-order valence-electron chi connectivity index (χ2n) is 8.92. The molecule has 3 aromatic rings. The van der Waals surface area contributed by atoms with E-state index in [4.69, 9.17) is 4.74 Å². The van der Waals surface area contributed by atoms with Gasteiger partial charge in [-0.05, 0) is 42.0 Å². The van der Waals surface area contributed by atoms with Crippen molar-refractivity contribution in [3.8, 4) is 11.3 Å². The molecule has 1 aliphatic heterocycles. The number of amides is 1. The molecule has 2 aromatic carbocycles. The number of halogens is 1. The number of alkyl carbamates (subject to hydrolysis) is 1. The Morgan fingerprint density at radius 2 is 1.78 bits per heavy atom. The number of anilines is 2. The van der Waals surface area contributed by atoms with Gasteiger partial charge in [0.05, 0.1) is 25.6 Å². The van der Waals surface area contributed by atoms with Gasteiger partial charge in [-0.15, -0.1) is 10.2 Å². The number of carbonyl (C=O) groups excluding carboxylic acids is 2. The maximum Gasteiger partial charge on any atom is 0.409 e. The van der Waals surface area contributed by atoms with Gasteiger partial charge in [-0.25, -0.2) is 14.0 Å². The molecule has 1 atom stereocenters. The van der Waals surface area contributed by atoms with Crippen LogP contribution in [-0.4, -0.2) is 43.0 Å². The summed E-state index contributed by atoms with van der Waals surface area (Å²) >= 11 is 0. The highest BCUT2D eigenvalue weighted by Gasteiger charge is 2.49. The first kappa shape index (κ1) is 24.9. The van der Waals surface area contributed by atoms with Gasteiger partial charge in [0.1, 0.15) is 11.6 Å². The van der Waals surface area contributed by atoms with Crippen LogP contribution in [0.15, 0.2) is 54.6 Å². The van der Waals surface area contributed by atoms with E-state index in [1.54, 1.807) is 36.4 Å². The molecule has 1 aromatic heterocycles. The van der Waals surface area contributed by atoms with Gasteiger partial charge in [0.2, 0.25) is 5.66 Å². The molecule has 10 nitrogen and oxygen atoms in total. The van der Waals surface area contributed by atoms with Crippen LogP contribution in [0.5, 0.6) is 0 Å². The quantitative estimate of drug-likeness (QED) is 0.366. The van der Waals surface area contributed by atoms with E-state index in [2.05, 4.69) is 50.3 Å². The summed E-state index contributed by atoms with van der Waals surface area (Å²) in [6.07, 6.45) is -0.813. The summed E-state index contributed by atoms with van der Waals surface area (Å²) in [5.74, 6) is -0.424. The maximum absolute atomic E-state index is 13.3. The van der Waals surface area contributed by atoms with Crippen LogP contribution in [0.2, 0.25) is 0 Å². The fourth-order valence-electron chi connectivity index (χ4n) is 3.91. The lowest BCUT2D eigenvalue weighted by Gasteiger charge is -2.27. The number of benzene rings is 2. The number of fused-ring (bicyclic) bond motifs is 1. The van der Waals surface area contributed by atoms with Crippen LogP contribution in [-0.2, 0) is 25.3 Å². The van der Waals surface area contributed by atoms with Gasteiger partial charge in [0.25, 0.3) is 0 Å². The smallest absolute Gasteiger partial charge is 0.409 e. The Hall–Kier alpha value is -4.25. The van der Waals surface area contributed by atoms with Crippen LogP contribution < -0.4 is 21.5 Å². The molecule has 36 heavy (non-hydrogen) atoms. The summed E-state index contributed by atoms with van der Waals surface area (Å²) in [6.45, 7) is 4.67. The fraction of sp³-hybridized carbons (Fsp3) is 0.280. The van der Waals surface area contributed by atoms with Gasteiger partial charge >= 0.3 is 12.1 Å². The van der Waals surface area contributed by atoms with E-state index in [0.717, 1.165) is 5.56 Å². The van der Waals surface area contributed by atoms with Crippen LogP contribution in [0.4, 0.5) is 20.7 Å². The number of nitrogens with zero attached hydrogens (tertiary/aromatic N) is 2. The number of hydrogen-bond acceptors (Lipinski definition) is 9. The SMILES string of the molecule is COC(=O)NC1(C(=O)OC)NNc2ccc(-c3ccc(NCC(C)(C)c4ccc(F)cc4)nn3)cc21. The van der Waals surface area contributed by atoms with E-state index >= 15 is 0 Å². The number of esters is 1. The number of methoxy groups -OCH3 is 2. The molecule has 4 rings (SSSR count). The monoisotopic (exact) mass is 494 g/mol. The van der Waals surface area contributed by atoms with Gasteiger partial charge < -0.3 is 20.2 Å². The molecule has 0 saturated carbocycles. The largest absolute Gasteiger partial charge is 0.466 e. The standard InChI is InChI=1S/C25H27FN6O4/c1-24(2,16-6-8-17(26)9-7-16)14-27-21-12-11-19(29-31-21)15-5-10-20-18(13-15)25(32-30-20,22(33)35-3)28-23(34)36-4/h5-13,30,32H,14H2,1-4H3,(H,27,31)(H,28,34). The highest BCUT2D eigenvalue weighted by atomic mass is 19.1. The van der Waals surface area contributed by atoms with Crippen molar-refractivity contribution in [3.05, 3.63) is 71.5 Å². The minimum absolute atomic E-state index is 0.266. The first-order valence-corrected chi connectivity index (χ1v) is 11.1. The molecule has 2 heterocycles. The Balaban J connectivity index is 1.54. The number of rotatable bonds is 7. The van der Waals surface area contributed by atoms with Crippen molar-refractivity contribution in [1.82, 2.24) is 20.9 Å². The third-order valence-corrected chi connectivity index (χ3v) is 6.07. The minimum atomic E-state index is -1.69. The minimum Gasteiger partial charge on any atom is -0.466 e. The normalized spacial score (nSPS) is 16.5. The van der Waals surface area contributed by atoms with E-state index in [0.29, 0.717) is 34.9 Å². The van der Waals surface area contributed by atoms with Crippen molar-refractivity contribution in [1.29, 1.82) is 0 Å². The number of nitrogens with one attached hydrogen (secondary N) is 4. The van der Waals surface area contributed by atoms with Crippen LogP contribution in [0.1, 0.15) is 25.0 Å². The number of aromatic nitrogens is 2. The Morgan fingerprint density at radius 1 is 1.03 bits per heavy atom. The third-order valence-electron chi connectivity index (χ3n) is 6.07. The zero-order valence-electron chi connectivity index (χ0n) is 20.3. The molecular weight excluding hydrogens is 467 g/mol. The molecule has 188 valence electrons. The van der Waals surface area contributed by atoms with Crippen LogP contribution in [0, 0.1) is 5.82 Å². The van der Waals surface area contributed by atoms with E-state index in [1.165, 1.54) is 26.4 Å². The van der Waals surface area contributed by atoms with Crippen molar-refractivity contribution in [2.45, 2.75) is 24.9 Å². The molecule has 0 bridgehead atoms. The van der Waals surface area contributed by atoms with Crippen molar-refractivity contribution < 1.29 is 23.5 Å². The van der Waals surface area contributed by atoms with E-state index in [-0.39, 0.29) is 11.2 Å². The van der Waals surface area contributed by atoms with E-state index < -0.39 is 17.7 Å². The molecule has 4 N–H and O–H groups in total. The average molecular weight is 495 g/mol. The summed E-state index contributed by atoms with van der Waals surface area (Å²) in [5, 5.41) is 14.4. The van der Waals surface area contributed by atoms with Crippen LogP contribution in [0.3, 0.4) is 0 Å². The lowest BCUT2D eigenvalue weighted by atomic mass is 9.84. The zero-order chi connectivity index (χ0) is 25.9. The van der Waals surface area contributed by atoms with Gasteiger partial charge in [0, 0.05) is 23.1 Å². The van der Waals surface area contributed by atoms with Crippen molar-refractivity contribution >= 4 is 23.6 Å². The highest BCUT2D eigenvalue weighted by Crippen LogP contribution is 2.36. The number of hydrogen-bond donors (Lipinski definition) is 4. The molecule has 1 amide bonds. The second kappa shape index (κ2) is 9.78. The van der Waals surface area contributed by atoms with Crippen molar-refractivity contribution in [3.63, 3.8) is 0 Å². The number of hydrazine groups is 1. The second-order valence-corrected chi connectivity index (χ2v) is 8.92. The van der Waals surface area contributed by atoms with E-state index in [9.17, 15) is 14.0 Å². The first-order chi connectivity index (χ1) is 17.2. The molecule has 0 spiro atoms. The van der Waals surface area contributed by atoms with Crippen molar-refractivity contribution in [2.24, 2.45) is 0 Å². The van der Waals surface area contributed by atoms with E-state index in [1.807, 2.05) is 6.07 Å². The van der Waals surface area contributed by atoms with Gasteiger partial charge in [-0.1, -0.05) is 32.0 Å². The summed E-state index contributed by atoms with van der Waals surface area (Å²) in [4.78, 5) is 24.6. The predicted molar refractivity (Wildman–Crippen MR) is 131 cm³/mol. The Kier molecular flexibility index (Phi) is 6.75. The Morgan fingerprint density at radius 3 is 2.42 bits per heavy atom.